The average molecular weight is 297 g/mol. The number of imide groups is 1. The van der Waals surface area contributed by atoms with E-state index in [2.05, 4.69) is 5.32 Å². The first-order valence-corrected chi connectivity index (χ1v) is 7.33. The van der Waals surface area contributed by atoms with Gasteiger partial charge in [-0.3, -0.25) is 14.5 Å². The second kappa shape index (κ2) is 6.01. The molecule has 0 saturated carbocycles. The Hall–Kier alpha value is -1.63. The zero-order chi connectivity index (χ0) is 15.6. The molecule has 7 nitrogen and oxygen atoms in total. The number of morpholine rings is 1. The van der Waals surface area contributed by atoms with Gasteiger partial charge < -0.3 is 15.0 Å². The molecule has 118 valence electrons. The van der Waals surface area contributed by atoms with Crippen LogP contribution in [0.5, 0.6) is 0 Å². The maximum Gasteiger partial charge on any atom is 0.325 e. The van der Waals surface area contributed by atoms with Gasteiger partial charge in [-0.25, -0.2) is 4.79 Å². The molecule has 7 heteroatoms. The third-order valence-corrected chi connectivity index (χ3v) is 3.82. The van der Waals surface area contributed by atoms with Gasteiger partial charge in [-0.15, -0.1) is 0 Å². The van der Waals surface area contributed by atoms with Gasteiger partial charge in [-0.05, 0) is 19.3 Å². The summed E-state index contributed by atoms with van der Waals surface area (Å²) in [4.78, 5) is 39.3. The molecule has 0 spiro atoms. The first-order valence-electron chi connectivity index (χ1n) is 7.33. The van der Waals surface area contributed by atoms with Crippen molar-refractivity contribution in [3.05, 3.63) is 0 Å². The predicted octanol–water partition coefficient (Wildman–Crippen LogP) is 0.202. The number of amides is 4. The number of nitrogens with one attached hydrogen (secondary N) is 1. The number of hydrogen-bond donors (Lipinski definition) is 1. The van der Waals surface area contributed by atoms with E-state index in [1.165, 1.54) is 0 Å². The third kappa shape index (κ3) is 3.34. The number of rotatable bonds is 4. The van der Waals surface area contributed by atoms with Crippen molar-refractivity contribution in [1.29, 1.82) is 0 Å². The van der Waals surface area contributed by atoms with Crippen molar-refractivity contribution in [2.45, 2.75) is 32.7 Å². The van der Waals surface area contributed by atoms with Crippen LogP contribution in [0.25, 0.3) is 0 Å². The van der Waals surface area contributed by atoms with Gasteiger partial charge in [0.05, 0.1) is 13.2 Å². The molecule has 1 N–H and O–H groups in total. The minimum absolute atomic E-state index is 0.196. The lowest BCUT2D eigenvalue weighted by Gasteiger charge is -2.28. The fraction of sp³-hybridized carbons (Fsp3) is 0.786. The molecule has 2 saturated heterocycles. The van der Waals surface area contributed by atoms with Crippen molar-refractivity contribution in [2.24, 2.45) is 5.92 Å². The van der Waals surface area contributed by atoms with Crippen LogP contribution in [0.3, 0.4) is 0 Å². The Morgan fingerprint density at radius 2 is 1.95 bits per heavy atom. The van der Waals surface area contributed by atoms with E-state index in [4.69, 9.17) is 4.74 Å². The molecule has 2 heterocycles. The Morgan fingerprint density at radius 1 is 1.33 bits per heavy atom. The van der Waals surface area contributed by atoms with Crippen molar-refractivity contribution in [2.75, 3.05) is 32.8 Å². The topological polar surface area (TPSA) is 79.0 Å². The van der Waals surface area contributed by atoms with Crippen molar-refractivity contribution in [1.82, 2.24) is 15.1 Å². The molecule has 2 fully saturated rings. The van der Waals surface area contributed by atoms with Gasteiger partial charge in [0.15, 0.2) is 0 Å². The van der Waals surface area contributed by atoms with Crippen LogP contribution in [0.4, 0.5) is 4.79 Å². The van der Waals surface area contributed by atoms with E-state index in [0.29, 0.717) is 32.7 Å². The summed E-state index contributed by atoms with van der Waals surface area (Å²) in [5.41, 5.74) is -0.906. The number of carbonyl (C=O) groups excluding carboxylic acids is 3. The van der Waals surface area contributed by atoms with Crippen LogP contribution in [0.15, 0.2) is 0 Å². The highest BCUT2D eigenvalue weighted by molar-refractivity contribution is 6.08. The quantitative estimate of drug-likeness (QED) is 0.752. The highest BCUT2D eigenvalue weighted by atomic mass is 16.5. The van der Waals surface area contributed by atoms with Gasteiger partial charge in [-0.1, -0.05) is 13.8 Å². The molecule has 0 aromatic carbocycles. The van der Waals surface area contributed by atoms with Crippen LogP contribution in [-0.2, 0) is 14.3 Å². The van der Waals surface area contributed by atoms with Crippen LogP contribution >= 0.6 is 0 Å². The van der Waals surface area contributed by atoms with E-state index in [-0.39, 0.29) is 24.3 Å². The van der Waals surface area contributed by atoms with E-state index in [1.807, 2.05) is 13.8 Å². The molecule has 0 bridgehead atoms. The summed E-state index contributed by atoms with van der Waals surface area (Å²) in [6, 6.07) is -0.482. The zero-order valence-electron chi connectivity index (χ0n) is 12.8. The smallest absolute Gasteiger partial charge is 0.325 e. The largest absolute Gasteiger partial charge is 0.378 e. The van der Waals surface area contributed by atoms with Gasteiger partial charge in [0, 0.05) is 13.1 Å². The number of hydrogen-bond acceptors (Lipinski definition) is 4. The van der Waals surface area contributed by atoms with Gasteiger partial charge in [0.25, 0.3) is 5.91 Å². The monoisotopic (exact) mass is 297 g/mol. The van der Waals surface area contributed by atoms with Crippen LogP contribution in [0, 0.1) is 5.92 Å². The third-order valence-electron chi connectivity index (χ3n) is 3.82. The van der Waals surface area contributed by atoms with E-state index in [9.17, 15) is 14.4 Å². The van der Waals surface area contributed by atoms with Crippen LogP contribution in [0.2, 0.25) is 0 Å². The van der Waals surface area contributed by atoms with Crippen molar-refractivity contribution in [3.8, 4) is 0 Å². The summed E-state index contributed by atoms with van der Waals surface area (Å²) < 4.78 is 5.19. The molecule has 0 unspecified atom stereocenters. The average Bonchev–Trinajstić information content (AvgIpc) is 2.62. The van der Waals surface area contributed by atoms with E-state index in [0.717, 1.165) is 4.90 Å². The lowest BCUT2D eigenvalue weighted by Crippen LogP contribution is -2.48. The number of carbonyl (C=O) groups is 3. The molecule has 4 amide bonds. The predicted molar refractivity (Wildman–Crippen MR) is 75.5 cm³/mol. The molecular formula is C14H23N3O4. The van der Waals surface area contributed by atoms with Gasteiger partial charge in [-0.2, -0.15) is 0 Å². The van der Waals surface area contributed by atoms with Crippen molar-refractivity contribution >= 4 is 17.8 Å². The van der Waals surface area contributed by atoms with Gasteiger partial charge >= 0.3 is 6.03 Å². The van der Waals surface area contributed by atoms with Crippen LogP contribution in [-0.4, -0.2) is 66.0 Å². The fourth-order valence-corrected chi connectivity index (χ4v) is 2.89. The molecule has 21 heavy (non-hydrogen) atoms. The second-order valence-corrected chi connectivity index (χ2v) is 6.24. The molecule has 0 aromatic heterocycles. The van der Waals surface area contributed by atoms with Crippen molar-refractivity contribution in [3.63, 3.8) is 0 Å². The SMILES string of the molecule is CC(C)C[C@]1(C)NC(=O)N(CC(=O)N2CCOCC2)C1=O. The second-order valence-electron chi connectivity index (χ2n) is 6.24. The lowest BCUT2D eigenvalue weighted by molar-refractivity contribution is -0.141. The minimum atomic E-state index is -0.906. The lowest BCUT2D eigenvalue weighted by atomic mass is 9.91. The fourth-order valence-electron chi connectivity index (χ4n) is 2.89. The van der Waals surface area contributed by atoms with Crippen molar-refractivity contribution < 1.29 is 19.1 Å². The number of nitrogens with zero attached hydrogens (tertiary/aromatic N) is 2. The maximum absolute atomic E-state index is 12.4. The highest BCUT2D eigenvalue weighted by Crippen LogP contribution is 2.24. The van der Waals surface area contributed by atoms with E-state index in [1.54, 1.807) is 11.8 Å². The standard InChI is InChI=1S/C14H23N3O4/c1-10(2)8-14(3)12(19)17(13(20)15-14)9-11(18)16-4-6-21-7-5-16/h10H,4-9H2,1-3H3,(H,15,20)/t14-/m0/s1. The summed E-state index contributed by atoms with van der Waals surface area (Å²) in [6.45, 7) is 7.51. The molecule has 2 aliphatic heterocycles. The Morgan fingerprint density at radius 3 is 2.52 bits per heavy atom. The first kappa shape index (κ1) is 15.8. The molecule has 2 rings (SSSR count). The number of ether oxygens (including phenoxy) is 1. The molecule has 0 aliphatic carbocycles. The maximum atomic E-state index is 12.4. The summed E-state index contributed by atoms with van der Waals surface area (Å²) in [6.07, 6.45) is 0.555. The van der Waals surface area contributed by atoms with Crippen LogP contribution in [0.1, 0.15) is 27.2 Å². The number of urea groups is 1. The normalized spacial score (nSPS) is 26.5. The molecule has 0 radical (unpaired) electrons. The summed E-state index contributed by atoms with van der Waals surface area (Å²) >= 11 is 0. The Kier molecular flexibility index (Phi) is 4.51. The Labute approximate surface area is 124 Å². The molecule has 1 atom stereocenters. The van der Waals surface area contributed by atoms with Crippen LogP contribution < -0.4 is 5.32 Å². The Bertz CT molecular complexity index is 446. The summed E-state index contributed by atoms with van der Waals surface area (Å²) in [5, 5.41) is 2.71. The minimum Gasteiger partial charge on any atom is -0.378 e. The summed E-state index contributed by atoms with van der Waals surface area (Å²) in [5.74, 6) is -0.257. The summed E-state index contributed by atoms with van der Waals surface area (Å²) in [7, 11) is 0. The first-order chi connectivity index (χ1) is 9.83. The molecule has 2 aliphatic rings. The van der Waals surface area contributed by atoms with E-state index >= 15 is 0 Å². The molecule has 0 aromatic rings. The van der Waals surface area contributed by atoms with Gasteiger partial charge in [0.2, 0.25) is 5.91 Å². The Balaban J connectivity index is 2.01. The van der Waals surface area contributed by atoms with Gasteiger partial charge in [0.1, 0.15) is 12.1 Å². The van der Waals surface area contributed by atoms with E-state index < -0.39 is 11.6 Å². The highest BCUT2D eigenvalue weighted by Gasteiger charge is 2.48. The molecular weight excluding hydrogens is 274 g/mol. The zero-order valence-corrected chi connectivity index (χ0v) is 12.8.